The van der Waals surface area contributed by atoms with Gasteiger partial charge in [-0.25, -0.2) is 0 Å². The van der Waals surface area contributed by atoms with Gasteiger partial charge >= 0.3 is 0 Å². The average Bonchev–Trinajstić information content (AvgIpc) is 3.29. The third kappa shape index (κ3) is 3.32. The Bertz CT molecular complexity index is 891. The number of rotatable bonds is 5. The molecule has 6 nitrogen and oxygen atoms in total. The lowest BCUT2D eigenvalue weighted by Crippen LogP contribution is -2.44. The van der Waals surface area contributed by atoms with E-state index in [1.807, 2.05) is 53.9 Å². The highest BCUT2D eigenvalue weighted by Gasteiger charge is 2.31. The number of nitrogens with zero attached hydrogens (tertiary/aromatic N) is 4. The molecule has 6 heteroatoms. The zero-order valence-corrected chi connectivity index (χ0v) is 14.9. The summed E-state index contributed by atoms with van der Waals surface area (Å²) in [5.74, 6) is 0.820. The van der Waals surface area contributed by atoms with Gasteiger partial charge < -0.3 is 5.32 Å². The van der Waals surface area contributed by atoms with E-state index in [9.17, 15) is 4.79 Å². The van der Waals surface area contributed by atoms with Crippen LogP contribution in [0.4, 0.5) is 0 Å². The van der Waals surface area contributed by atoms with Gasteiger partial charge in [0.05, 0.1) is 12.1 Å². The lowest BCUT2D eigenvalue weighted by Gasteiger charge is -2.25. The fourth-order valence-electron chi connectivity index (χ4n) is 3.66. The molecule has 1 aliphatic rings. The molecule has 3 aromatic rings. The number of hydrogen-bond acceptors (Lipinski definition) is 4. The summed E-state index contributed by atoms with van der Waals surface area (Å²) in [6.45, 7) is 3.72. The normalized spacial score (nSPS) is 18.9. The van der Waals surface area contributed by atoms with Crippen LogP contribution in [0.1, 0.15) is 37.2 Å². The van der Waals surface area contributed by atoms with E-state index in [-0.39, 0.29) is 18.0 Å². The van der Waals surface area contributed by atoms with Gasteiger partial charge in [0.1, 0.15) is 0 Å². The molecule has 0 unspecified atom stereocenters. The summed E-state index contributed by atoms with van der Waals surface area (Å²) in [6.07, 6.45) is 3.86. The van der Waals surface area contributed by atoms with Crippen LogP contribution >= 0.6 is 0 Å². The maximum atomic E-state index is 12.9. The molecule has 0 radical (unpaired) electrons. The molecule has 134 valence electrons. The molecule has 0 bridgehead atoms. The van der Waals surface area contributed by atoms with E-state index in [2.05, 4.69) is 32.5 Å². The van der Waals surface area contributed by atoms with Crippen molar-refractivity contribution in [3.8, 4) is 0 Å². The van der Waals surface area contributed by atoms with Gasteiger partial charge in [-0.1, -0.05) is 36.4 Å². The number of pyridine rings is 1. The Morgan fingerprint density at radius 3 is 2.85 bits per heavy atom. The fraction of sp³-hybridized carbons (Fsp3) is 0.350. The van der Waals surface area contributed by atoms with Crippen molar-refractivity contribution in [2.75, 3.05) is 6.54 Å². The predicted molar refractivity (Wildman–Crippen MR) is 99.4 cm³/mol. The molecule has 1 fully saturated rings. The van der Waals surface area contributed by atoms with Crippen molar-refractivity contribution >= 4 is 11.6 Å². The number of benzene rings is 1. The standard InChI is InChI=1S/C20H23N5O/c1-15(19-23-22-18-11-5-6-13-25(18)19)21-20(26)17-10-7-12-24(17)14-16-8-3-2-4-9-16/h2-6,8-9,11,13,15,17H,7,10,12,14H2,1H3,(H,21,26)/t15-,17-/m0/s1. The number of carbonyl (C=O) groups excluding carboxylic acids is 1. The zero-order valence-electron chi connectivity index (χ0n) is 14.9. The molecule has 1 aliphatic heterocycles. The highest BCUT2D eigenvalue weighted by molar-refractivity contribution is 5.82. The second kappa shape index (κ2) is 7.25. The average molecular weight is 349 g/mol. The van der Waals surface area contributed by atoms with E-state index in [0.717, 1.165) is 37.4 Å². The van der Waals surface area contributed by atoms with E-state index >= 15 is 0 Å². The molecule has 3 heterocycles. The molecule has 26 heavy (non-hydrogen) atoms. The summed E-state index contributed by atoms with van der Waals surface area (Å²) >= 11 is 0. The minimum atomic E-state index is -0.195. The van der Waals surface area contributed by atoms with Gasteiger partial charge in [-0.3, -0.25) is 14.1 Å². The minimum absolute atomic E-state index is 0.0682. The smallest absolute Gasteiger partial charge is 0.237 e. The fourth-order valence-corrected chi connectivity index (χ4v) is 3.66. The topological polar surface area (TPSA) is 62.5 Å². The number of fused-ring (bicyclic) bond motifs is 1. The highest BCUT2D eigenvalue weighted by Crippen LogP contribution is 2.21. The first-order chi connectivity index (χ1) is 12.7. The molecule has 1 saturated heterocycles. The minimum Gasteiger partial charge on any atom is -0.345 e. The van der Waals surface area contributed by atoms with Crippen LogP contribution in [0, 0.1) is 0 Å². The second-order valence-corrected chi connectivity index (χ2v) is 6.83. The predicted octanol–water partition coefficient (Wildman–Crippen LogP) is 2.57. The van der Waals surface area contributed by atoms with Crippen molar-refractivity contribution < 1.29 is 4.79 Å². The summed E-state index contributed by atoms with van der Waals surface area (Å²) in [6, 6.07) is 15.8. The Hall–Kier alpha value is -2.73. The van der Waals surface area contributed by atoms with Crippen LogP contribution in [0.15, 0.2) is 54.7 Å². The van der Waals surface area contributed by atoms with Gasteiger partial charge in [-0.15, -0.1) is 10.2 Å². The third-order valence-corrected chi connectivity index (χ3v) is 4.98. The second-order valence-electron chi connectivity index (χ2n) is 6.83. The van der Waals surface area contributed by atoms with Crippen LogP contribution in [0.2, 0.25) is 0 Å². The monoisotopic (exact) mass is 349 g/mol. The highest BCUT2D eigenvalue weighted by atomic mass is 16.2. The number of aromatic nitrogens is 3. The van der Waals surface area contributed by atoms with Gasteiger partial charge in [0.15, 0.2) is 11.5 Å². The van der Waals surface area contributed by atoms with E-state index in [4.69, 9.17) is 0 Å². The van der Waals surface area contributed by atoms with Crippen molar-refractivity contribution in [3.63, 3.8) is 0 Å². The lowest BCUT2D eigenvalue weighted by atomic mass is 10.1. The first-order valence-corrected chi connectivity index (χ1v) is 9.10. The molecule has 2 atom stereocenters. The molecule has 1 N–H and O–H groups in total. The van der Waals surface area contributed by atoms with Crippen molar-refractivity contribution in [2.24, 2.45) is 0 Å². The molecule has 0 saturated carbocycles. The molecule has 1 aromatic carbocycles. The Morgan fingerprint density at radius 1 is 1.19 bits per heavy atom. The van der Waals surface area contributed by atoms with Crippen LogP contribution in [-0.2, 0) is 11.3 Å². The van der Waals surface area contributed by atoms with Crippen molar-refractivity contribution in [1.82, 2.24) is 24.8 Å². The van der Waals surface area contributed by atoms with Gasteiger partial charge in [-0.05, 0) is 44.0 Å². The van der Waals surface area contributed by atoms with Gasteiger partial charge in [0.2, 0.25) is 5.91 Å². The van der Waals surface area contributed by atoms with E-state index < -0.39 is 0 Å². The molecule has 0 aliphatic carbocycles. The van der Waals surface area contributed by atoms with Gasteiger partial charge in [0.25, 0.3) is 0 Å². The van der Waals surface area contributed by atoms with Crippen LogP contribution < -0.4 is 5.32 Å². The van der Waals surface area contributed by atoms with Gasteiger partial charge in [0, 0.05) is 12.7 Å². The molecule has 1 amide bonds. The van der Waals surface area contributed by atoms with Crippen LogP contribution in [-0.4, -0.2) is 38.0 Å². The number of likely N-dealkylation sites (tertiary alicyclic amines) is 1. The summed E-state index contributed by atoms with van der Waals surface area (Å²) in [4.78, 5) is 15.1. The number of amides is 1. The first kappa shape index (κ1) is 16.7. The van der Waals surface area contributed by atoms with Gasteiger partial charge in [-0.2, -0.15) is 0 Å². The molecule has 0 spiro atoms. The Kier molecular flexibility index (Phi) is 4.67. The molecular formula is C20H23N5O. The first-order valence-electron chi connectivity index (χ1n) is 9.10. The van der Waals surface area contributed by atoms with Crippen molar-refractivity contribution in [3.05, 3.63) is 66.1 Å². The summed E-state index contributed by atoms with van der Waals surface area (Å²) in [7, 11) is 0. The quantitative estimate of drug-likeness (QED) is 0.769. The molecule has 4 rings (SSSR count). The third-order valence-electron chi connectivity index (χ3n) is 4.98. The van der Waals surface area contributed by atoms with Crippen LogP contribution in [0.25, 0.3) is 5.65 Å². The van der Waals surface area contributed by atoms with E-state index in [1.165, 1.54) is 5.56 Å². The summed E-state index contributed by atoms with van der Waals surface area (Å²) in [5, 5.41) is 11.5. The SMILES string of the molecule is C[C@H](NC(=O)[C@@H]1CCCN1Cc1ccccc1)c1nnc2ccccn12. The van der Waals surface area contributed by atoms with Crippen molar-refractivity contribution in [1.29, 1.82) is 0 Å². The van der Waals surface area contributed by atoms with Crippen LogP contribution in [0.3, 0.4) is 0 Å². The molecular weight excluding hydrogens is 326 g/mol. The van der Waals surface area contributed by atoms with Crippen LogP contribution in [0.5, 0.6) is 0 Å². The number of hydrogen-bond donors (Lipinski definition) is 1. The molecule has 2 aromatic heterocycles. The number of carbonyl (C=O) groups is 1. The van der Waals surface area contributed by atoms with Crippen molar-refractivity contribution in [2.45, 2.75) is 38.4 Å². The summed E-state index contributed by atoms with van der Waals surface area (Å²) in [5.41, 5.74) is 2.03. The number of nitrogens with one attached hydrogen (secondary N) is 1. The largest absolute Gasteiger partial charge is 0.345 e. The Morgan fingerprint density at radius 2 is 2.00 bits per heavy atom. The Labute approximate surface area is 152 Å². The lowest BCUT2D eigenvalue weighted by molar-refractivity contribution is -0.126. The van der Waals surface area contributed by atoms with E-state index in [1.54, 1.807) is 0 Å². The Balaban J connectivity index is 1.45. The maximum absolute atomic E-state index is 12.9. The zero-order chi connectivity index (χ0) is 17.9. The van der Waals surface area contributed by atoms with E-state index in [0.29, 0.717) is 0 Å². The summed E-state index contributed by atoms with van der Waals surface area (Å²) < 4.78 is 1.92. The maximum Gasteiger partial charge on any atom is 0.237 e.